The molecule has 0 aromatic rings. The van der Waals surface area contributed by atoms with Crippen LogP contribution >= 0.6 is 23.5 Å². The summed E-state index contributed by atoms with van der Waals surface area (Å²) in [6, 6.07) is 0.779. The zero-order valence-corrected chi connectivity index (χ0v) is 13.5. The third kappa shape index (κ3) is 5.32. The summed E-state index contributed by atoms with van der Waals surface area (Å²) in [5.74, 6) is 4.87. The standard InChI is InChI=1S/C14H28N2S2/c1-12(2)10-16-5-3-13(4-6-16)15-9-14-11-17-7-8-18-14/h12-15H,3-11H2,1-2H3. The van der Waals surface area contributed by atoms with Gasteiger partial charge >= 0.3 is 0 Å². The molecule has 0 aliphatic carbocycles. The summed E-state index contributed by atoms with van der Waals surface area (Å²) in [6.07, 6.45) is 2.69. The minimum absolute atomic E-state index is 0.779. The van der Waals surface area contributed by atoms with Crippen LogP contribution in [0.1, 0.15) is 26.7 Å². The lowest BCUT2D eigenvalue weighted by Gasteiger charge is -2.34. The van der Waals surface area contributed by atoms with Crippen molar-refractivity contribution in [2.45, 2.75) is 38.0 Å². The molecule has 0 spiro atoms. The molecule has 1 unspecified atom stereocenters. The van der Waals surface area contributed by atoms with Crippen LogP contribution in [0.15, 0.2) is 0 Å². The molecule has 2 nitrogen and oxygen atoms in total. The van der Waals surface area contributed by atoms with Crippen molar-refractivity contribution in [3.63, 3.8) is 0 Å². The summed E-state index contributed by atoms with van der Waals surface area (Å²) < 4.78 is 0. The van der Waals surface area contributed by atoms with Gasteiger partial charge in [-0.1, -0.05) is 13.8 Å². The Labute approximate surface area is 121 Å². The summed E-state index contributed by atoms with van der Waals surface area (Å²) >= 11 is 4.29. The molecule has 106 valence electrons. The average Bonchev–Trinajstić information content (AvgIpc) is 2.38. The van der Waals surface area contributed by atoms with Crippen molar-refractivity contribution in [3.8, 4) is 0 Å². The lowest BCUT2D eigenvalue weighted by Crippen LogP contribution is -2.45. The molecule has 1 N–H and O–H groups in total. The van der Waals surface area contributed by atoms with Gasteiger partial charge in [0.25, 0.3) is 0 Å². The molecular formula is C14H28N2S2. The molecule has 1 atom stereocenters. The van der Waals surface area contributed by atoms with E-state index in [0.717, 1.165) is 17.2 Å². The number of thioether (sulfide) groups is 2. The topological polar surface area (TPSA) is 15.3 Å². The molecule has 0 saturated carbocycles. The van der Waals surface area contributed by atoms with Gasteiger partial charge in [0, 0.05) is 41.6 Å². The molecule has 2 heterocycles. The first-order valence-corrected chi connectivity index (χ1v) is 9.59. The lowest BCUT2D eigenvalue weighted by molar-refractivity contribution is 0.180. The summed E-state index contributed by atoms with van der Waals surface area (Å²) in [4.78, 5) is 2.63. The first-order valence-electron chi connectivity index (χ1n) is 7.39. The number of rotatable bonds is 5. The van der Waals surface area contributed by atoms with Crippen molar-refractivity contribution in [3.05, 3.63) is 0 Å². The smallest absolute Gasteiger partial charge is 0.0263 e. The monoisotopic (exact) mass is 288 g/mol. The van der Waals surface area contributed by atoms with Crippen LogP contribution in [0.5, 0.6) is 0 Å². The number of likely N-dealkylation sites (tertiary alicyclic amines) is 1. The fourth-order valence-corrected chi connectivity index (χ4v) is 5.41. The van der Waals surface area contributed by atoms with Crippen molar-refractivity contribution in [2.75, 3.05) is 43.4 Å². The van der Waals surface area contributed by atoms with Gasteiger partial charge < -0.3 is 10.2 Å². The Morgan fingerprint density at radius 3 is 2.61 bits per heavy atom. The molecule has 2 aliphatic rings. The maximum absolute atomic E-state index is 3.80. The van der Waals surface area contributed by atoms with E-state index in [1.54, 1.807) is 0 Å². The van der Waals surface area contributed by atoms with Crippen LogP contribution in [0.25, 0.3) is 0 Å². The predicted molar refractivity (Wildman–Crippen MR) is 85.9 cm³/mol. The maximum Gasteiger partial charge on any atom is 0.0263 e. The highest BCUT2D eigenvalue weighted by atomic mass is 32.2. The number of hydrogen-bond acceptors (Lipinski definition) is 4. The first-order chi connectivity index (χ1) is 8.74. The van der Waals surface area contributed by atoms with Gasteiger partial charge in [-0.15, -0.1) is 0 Å². The molecule has 2 saturated heterocycles. The van der Waals surface area contributed by atoms with E-state index in [2.05, 4.69) is 47.6 Å². The van der Waals surface area contributed by atoms with Crippen LogP contribution in [-0.4, -0.2) is 59.6 Å². The third-order valence-corrected chi connectivity index (χ3v) is 6.57. The van der Waals surface area contributed by atoms with Crippen LogP contribution in [0, 0.1) is 5.92 Å². The Balaban J connectivity index is 1.58. The Morgan fingerprint density at radius 2 is 2.00 bits per heavy atom. The van der Waals surface area contributed by atoms with Gasteiger partial charge in [-0.05, 0) is 31.8 Å². The molecule has 2 fully saturated rings. The van der Waals surface area contributed by atoms with E-state index in [1.165, 1.54) is 56.3 Å². The molecule has 0 aromatic heterocycles. The summed E-state index contributed by atoms with van der Waals surface area (Å²) in [7, 11) is 0. The molecule has 18 heavy (non-hydrogen) atoms. The highest BCUT2D eigenvalue weighted by Crippen LogP contribution is 2.23. The Bertz CT molecular complexity index is 222. The van der Waals surface area contributed by atoms with E-state index < -0.39 is 0 Å². The van der Waals surface area contributed by atoms with Crippen LogP contribution in [0.4, 0.5) is 0 Å². The first kappa shape index (κ1) is 15.0. The molecular weight excluding hydrogens is 260 g/mol. The van der Waals surface area contributed by atoms with Crippen molar-refractivity contribution >= 4 is 23.5 Å². The predicted octanol–water partition coefficient (Wildman–Crippen LogP) is 2.55. The fraction of sp³-hybridized carbons (Fsp3) is 1.00. The average molecular weight is 289 g/mol. The van der Waals surface area contributed by atoms with E-state index in [4.69, 9.17) is 0 Å². The minimum atomic E-state index is 0.779. The second-order valence-corrected chi connectivity index (χ2v) is 8.50. The van der Waals surface area contributed by atoms with Gasteiger partial charge in [0.1, 0.15) is 0 Å². The van der Waals surface area contributed by atoms with Crippen molar-refractivity contribution < 1.29 is 0 Å². The van der Waals surface area contributed by atoms with E-state index in [-0.39, 0.29) is 0 Å². The minimum Gasteiger partial charge on any atom is -0.313 e. The number of nitrogens with one attached hydrogen (secondary N) is 1. The maximum atomic E-state index is 3.80. The Hall–Kier alpha value is 0.620. The zero-order valence-electron chi connectivity index (χ0n) is 11.9. The van der Waals surface area contributed by atoms with E-state index in [0.29, 0.717) is 0 Å². The summed E-state index contributed by atoms with van der Waals surface area (Å²) in [6.45, 7) is 9.74. The van der Waals surface area contributed by atoms with Crippen LogP contribution in [0.2, 0.25) is 0 Å². The van der Waals surface area contributed by atoms with Crippen molar-refractivity contribution in [1.82, 2.24) is 10.2 Å². The normalized spacial score (nSPS) is 27.8. The third-order valence-electron chi connectivity index (χ3n) is 3.73. The SMILES string of the molecule is CC(C)CN1CCC(NCC2CSCCS2)CC1. The number of piperidine rings is 1. The van der Waals surface area contributed by atoms with Gasteiger partial charge in [-0.3, -0.25) is 0 Å². The van der Waals surface area contributed by atoms with E-state index >= 15 is 0 Å². The van der Waals surface area contributed by atoms with Gasteiger partial charge in [0.15, 0.2) is 0 Å². The quantitative estimate of drug-likeness (QED) is 0.836. The van der Waals surface area contributed by atoms with Crippen molar-refractivity contribution in [1.29, 1.82) is 0 Å². The van der Waals surface area contributed by atoms with Crippen LogP contribution in [0.3, 0.4) is 0 Å². The van der Waals surface area contributed by atoms with Crippen LogP contribution in [-0.2, 0) is 0 Å². The van der Waals surface area contributed by atoms with Gasteiger partial charge in [0.2, 0.25) is 0 Å². The molecule has 2 rings (SSSR count). The molecule has 2 aliphatic heterocycles. The highest BCUT2D eigenvalue weighted by Gasteiger charge is 2.21. The number of hydrogen-bond donors (Lipinski definition) is 1. The molecule has 0 bridgehead atoms. The molecule has 0 aromatic carbocycles. The molecule has 0 amide bonds. The highest BCUT2D eigenvalue weighted by molar-refractivity contribution is 8.06. The van der Waals surface area contributed by atoms with Gasteiger partial charge in [0.05, 0.1) is 0 Å². The van der Waals surface area contributed by atoms with Gasteiger partial charge in [-0.25, -0.2) is 0 Å². The fourth-order valence-electron chi connectivity index (χ4n) is 2.79. The number of nitrogens with zero attached hydrogens (tertiary/aromatic N) is 1. The largest absolute Gasteiger partial charge is 0.313 e. The second-order valence-electron chi connectivity index (χ2n) is 5.94. The lowest BCUT2D eigenvalue weighted by atomic mass is 10.0. The Kier molecular flexibility index (Phi) is 6.70. The van der Waals surface area contributed by atoms with Crippen LogP contribution < -0.4 is 5.32 Å². The Morgan fingerprint density at radius 1 is 1.22 bits per heavy atom. The summed E-state index contributed by atoms with van der Waals surface area (Å²) in [5, 5.41) is 4.66. The second kappa shape index (κ2) is 8.03. The van der Waals surface area contributed by atoms with E-state index in [9.17, 15) is 0 Å². The van der Waals surface area contributed by atoms with E-state index in [1.807, 2.05) is 0 Å². The summed E-state index contributed by atoms with van der Waals surface area (Å²) in [5.41, 5.74) is 0. The van der Waals surface area contributed by atoms with Gasteiger partial charge in [-0.2, -0.15) is 23.5 Å². The zero-order chi connectivity index (χ0) is 12.8. The molecule has 4 heteroatoms. The van der Waals surface area contributed by atoms with Crippen molar-refractivity contribution in [2.24, 2.45) is 5.92 Å². The molecule has 0 radical (unpaired) electrons.